The van der Waals surface area contributed by atoms with Gasteiger partial charge in [0.2, 0.25) is 0 Å². The van der Waals surface area contributed by atoms with Gasteiger partial charge in [0.1, 0.15) is 5.75 Å². The van der Waals surface area contributed by atoms with Gasteiger partial charge in [-0.2, -0.15) is 22.0 Å². The number of alkyl halides is 6. The fraction of sp³-hybridized carbons (Fsp3) is 0.500. The molecule has 1 aliphatic rings. The first-order valence-electron chi connectivity index (χ1n) is 11.8. The lowest BCUT2D eigenvalue weighted by Gasteiger charge is -2.28. The SMILES string of the molecule is CCOC(C)OC1CCC(C(=O)O)CC1.FC(C(F)(F)F)C(F)(F)Oc1ccc(-c2ccccc2)cc1. The zero-order valence-electron chi connectivity index (χ0n) is 20.4. The zero-order valence-corrected chi connectivity index (χ0v) is 20.4. The molecule has 0 amide bonds. The number of carboxylic acid groups (broad SMARTS) is 1. The topological polar surface area (TPSA) is 65.0 Å². The third-order valence-electron chi connectivity index (χ3n) is 5.61. The van der Waals surface area contributed by atoms with Gasteiger partial charge in [0.15, 0.2) is 6.29 Å². The standard InChI is InChI=1S/C15H10F6O.C11H20O4/c16-13(14(17,18)19)15(20,21)22-12-8-6-11(7-9-12)10-4-2-1-3-5-10;1-3-14-8(2)15-10-6-4-9(5-7-10)11(12)13/h1-9,13H;8-10H,3-7H2,1-2H3,(H,12,13). The Hall–Kier alpha value is -2.79. The molecule has 1 saturated carbocycles. The summed E-state index contributed by atoms with van der Waals surface area (Å²) in [5.41, 5.74) is 1.45. The molecule has 0 heterocycles. The quantitative estimate of drug-likeness (QED) is 0.270. The Morgan fingerprint density at radius 1 is 0.946 bits per heavy atom. The Labute approximate surface area is 211 Å². The van der Waals surface area contributed by atoms with Crippen LogP contribution < -0.4 is 4.74 Å². The highest BCUT2D eigenvalue weighted by Crippen LogP contribution is 2.37. The smallest absolute Gasteiger partial charge is 0.439 e. The van der Waals surface area contributed by atoms with Crippen molar-refractivity contribution < 1.29 is 50.5 Å². The van der Waals surface area contributed by atoms with Crippen LogP contribution in [0.3, 0.4) is 0 Å². The van der Waals surface area contributed by atoms with Crippen molar-refractivity contribution in [1.29, 1.82) is 0 Å². The molecule has 5 nitrogen and oxygen atoms in total. The molecule has 11 heteroatoms. The van der Waals surface area contributed by atoms with Crippen LogP contribution in [0.2, 0.25) is 0 Å². The van der Waals surface area contributed by atoms with Gasteiger partial charge in [0.05, 0.1) is 12.0 Å². The summed E-state index contributed by atoms with van der Waals surface area (Å²) in [4.78, 5) is 10.7. The molecule has 2 atom stereocenters. The van der Waals surface area contributed by atoms with E-state index < -0.39 is 30.2 Å². The van der Waals surface area contributed by atoms with Crippen molar-refractivity contribution in [1.82, 2.24) is 0 Å². The van der Waals surface area contributed by atoms with E-state index in [1.165, 1.54) is 12.1 Å². The maximum Gasteiger partial charge on any atom is 0.439 e. The first kappa shape index (κ1) is 30.4. The largest absolute Gasteiger partial charge is 0.481 e. The van der Waals surface area contributed by atoms with E-state index in [2.05, 4.69) is 4.74 Å². The summed E-state index contributed by atoms with van der Waals surface area (Å²) < 4.78 is 89.7. The Bertz CT molecular complexity index is 944. The van der Waals surface area contributed by atoms with Gasteiger partial charge in [-0.15, -0.1) is 0 Å². The van der Waals surface area contributed by atoms with Gasteiger partial charge in [0, 0.05) is 6.61 Å². The number of hydrogen-bond donors (Lipinski definition) is 1. The summed E-state index contributed by atoms with van der Waals surface area (Å²) in [5, 5.41) is 8.83. The molecule has 0 bridgehead atoms. The Morgan fingerprint density at radius 2 is 1.49 bits per heavy atom. The third kappa shape index (κ3) is 9.88. The highest BCUT2D eigenvalue weighted by atomic mass is 19.4. The second-order valence-electron chi connectivity index (χ2n) is 8.43. The fourth-order valence-corrected chi connectivity index (χ4v) is 3.74. The predicted molar refractivity (Wildman–Crippen MR) is 124 cm³/mol. The van der Waals surface area contributed by atoms with Crippen LogP contribution in [0, 0.1) is 5.92 Å². The highest BCUT2D eigenvalue weighted by Gasteiger charge is 2.59. The first-order valence-corrected chi connectivity index (χ1v) is 11.8. The number of halogens is 6. The number of rotatable bonds is 9. The molecule has 0 aliphatic heterocycles. The van der Waals surface area contributed by atoms with E-state index >= 15 is 0 Å². The highest BCUT2D eigenvalue weighted by molar-refractivity contribution is 5.70. The number of ether oxygens (including phenoxy) is 3. The van der Waals surface area contributed by atoms with Crippen molar-refractivity contribution in [3.05, 3.63) is 54.6 Å². The molecule has 0 saturated heterocycles. The van der Waals surface area contributed by atoms with E-state index in [0.717, 1.165) is 43.4 Å². The maximum atomic E-state index is 13.1. The average Bonchev–Trinajstić information content (AvgIpc) is 2.84. The molecular weight excluding hydrogens is 506 g/mol. The van der Waals surface area contributed by atoms with E-state index in [-0.39, 0.29) is 18.3 Å². The maximum absolute atomic E-state index is 13.1. The number of benzene rings is 2. The zero-order chi connectivity index (χ0) is 27.6. The van der Waals surface area contributed by atoms with Gasteiger partial charge in [-0.25, -0.2) is 4.39 Å². The van der Waals surface area contributed by atoms with Gasteiger partial charge in [-0.3, -0.25) is 4.79 Å². The molecule has 37 heavy (non-hydrogen) atoms. The molecule has 1 N–H and O–H groups in total. The van der Waals surface area contributed by atoms with Crippen molar-refractivity contribution in [2.75, 3.05) is 6.61 Å². The van der Waals surface area contributed by atoms with E-state index in [4.69, 9.17) is 14.6 Å². The van der Waals surface area contributed by atoms with E-state index in [9.17, 15) is 31.1 Å². The third-order valence-corrected chi connectivity index (χ3v) is 5.61. The van der Waals surface area contributed by atoms with Crippen LogP contribution in [0.1, 0.15) is 39.5 Å². The molecule has 2 aromatic rings. The molecule has 0 aromatic heterocycles. The normalized spacial score (nSPS) is 19.8. The lowest BCUT2D eigenvalue weighted by molar-refractivity contribution is -0.304. The van der Waals surface area contributed by atoms with Gasteiger partial charge in [0.25, 0.3) is 6.17 Å². The Balaban J connectivity index is 0.000000281. The van der Waals surface area contributed by atoms with Gasteiger partial charge in [-0.1, -0.05) is 42.5 Å². The molecule has 0 spiro atoms. The van der Waals surface area contributed by atoms with Crippen LogP contribution in [-0.2, 0) is 14.3 Å². The number of hydrogen-bond acceptors (Lipinski definition) is 4. The van der Waals surface area contributed by atoms with Crippen molar-refractivity contribution in [3.63, 3.8) is 0 Å². The Morgan fingerprint density at radius 3 is 1.97 bits per heavy atom. The van der Waals surface area contributed by atoms with Crippen LogP contribution in [0.15, 0.2) is 54.6 Å². The monoisotopic (exact) mass is 536 g/mol. The summed E-state index contributed by atoms with van der Waals surface area (Å²) in [7, 11) is 0. The molecular formula is C26H30F6O5. The van der Waals surface area contributed by atoms with Crippen LogP contribution in [0.25, 0.3) is 11.1 Å². The second kappa shape index (κ2) is 13.7. The summed E-state index contributed by atoms with van der Waals surface area (Å²) in [6.07, 6.45) is -12.0. The molecule has 0 radical (unpaired) electrons. The minimum atomic E-state index is -5.70. The number of aliphatic carboxylic acids is 1. The van der Waals surface area contributed by atoms with Gasteiger partial charge in [-0.05, 0) is 62.8 Å². The minimum absolute atomic E-state index is 0.169. The summed E-state index contributed by atoms with van der Waals surface area (Å²) in [6, 6.07) is 13.8. The van der Waals surface area contributed by atoms with Gasteiger partial charge < -0.3 is 19.3 Å². The number of carbonyl (C=O) groups is 1. The molecule has 1 aliphatic carbocycles. The van der Waals surface area contributed by atoms with Gasteiger partial charge >= 0.3 is 18.3 Å². The van der Waals surface area contributed by atoms with Crippen molar-refractivity contribution in [2.24, 2.45) is 5.92 Å². The second-order valence-corrected chi connectivity index (χ2v) is 8.43. The van der Waals surface area contributed by atoms with Crippen LogP contribution in [0.5, 0.6) is 5.75 Å². The van der Waals surface area contributed by atoms with Crippen molar-refractivity contribution in [2.45, 2.75) is 70.4 Å². The summed E-state index contributed by atoms with van der Waals surface area (Å²) in [5.74, 6) is -1.41. The fourth-order valence-electron chi connectivity index (χ4n) is 3.74. The van der Waals surface area contributed by atoms with Crippen LogP contribution >= 0.6 is 0 Å². The number of carboxylic acids is 1. The van der Waals surface area contributed by atoms with Crippen LogP contribution in [0.4, 0.5) is 26.3 Å². The molecule has 3 rings (SSSR count). The molecule has 2 unspecified atom stereocenters. The summed E-state index contributed by atoms with van der Waals surface area (Å²) >= 11 is 0. The first-order chi connectivity index (χ1) is 17.3. The van der Waals surface area contributed by atoms with Crippen molar-refractivity contribution in [3.8, 4) is 16.9 Å². The molecule has 206 valence electrons. The van der Waals surface area contributed by atoms with E-state index in [0.29, 0.717) is 12.2 Å². The predicted octanol–water partition coefficient (Wildman–Crippen LogP) is 7.25. The Kier molecular flexibility index (Phi) is 11.2. The lowest BCUT2D eigenvalue weighted by Crippen LogP contribution is -2.45. The molecule has 1 fully saturated rings. The van der Waals surface area contributed by atoms with E-state index in [1.807, 2.05) is 13.8 Å². The molecule has 2 aromatic carbocycles. The van der Waals surface area contributed by atoms with Crippen LogP contribution in [-0.4, -0.2) is 48.5 Å². The average molecular weight is 537 g/mol. The summed E-state index contributed by atoms with van der Waals surface area (Å²) in [6.45, 7) is 4.46. The lowest BCUT2D eigenvalue weighted by atomic mass is 9.87. The van der Waals surface area contributed by atoms with E-state index in [1.54, 1.807) is 30.3 Å². The van der Waals surface area contributed by atoms with Crippen molar-refractivity contribution >= 4 is 5.97 Å². The minimum Gasteiger partial charge on any atom is -0.481 e.